The number of benzene rings is 1. The Morgan fingerprint density at radius 2 is 1.95 bits per heavy atom. The normalized spacial score (nSPS) is 12.9. The number of carbonyl (C=O) groups is 1. The van der Waals surface area contributed by atoms with Crippen LogP contribution in [0.3, 0.4) is 0 Å². The average molecular weight is 368 g/mol. The van der Waals surface area contributed by atoms with E-state index in [-0.39, 0.29) is 0 Å². The molecule has 1 aromatic carbocycles. The lowest BCUT2D eigenvalue weighted by molar-refractivity contribution is -0.122. The molecule has 1 rings (SSSR count). The van der Waals surface area contributed by atoms with Crippen molar-refractivity contribution in [2.24, 2.45) is 0 Å². The van der Waals surface area contributed by atoms with Gasteiger partial charge in [-0.2, -0.15) is 0 Å². The summed E-state index contributed by atoms with van der Waals surface area (Å²) in [5.74, 6) is -0.929. The van der Waals surface area contributed by atoms with E-state index in [1.54, 1.807) is 6.07 Å². The molecular weight excluding hydrogens is 360 g/mol. The Kier molecular flexibility index (Phi) is 6.27. The fourth-order valence-corrected chi connectivity index (χ4v) is 1.83. The first kappa shape index (κ1) is 16.9. The van der Waals surface area contributed by atoms with E-state index in [9.17, 15) is 9.18 Å². The zero-order valence-corrected chi connectivity index (χ0v) is 13.0. The maximum atomic E-state index is 12.2. The number of hydrogen-bond donors (Lipinski definition) is 2. The minimum atomic E-state index is -1.91. The number of amides is 1. The molecule has 0 aliphatic carbocycles. The molecule has 3 nitrogen and oxygen atoms in total. The number of hydrogen-bond acceptors (Lipinski definition) is 2. The third-order valence-electron chi connectivity index (χ3n) is 1.98. The third-order valence-corrected chi connectivity index (χ3v) is 3.20. The molecule has 0 aliphatic heterocycles. The summed E-state index contributed by atoms with van der Waals surface area (Å²) < 4.78 is 10.3. The predicted molar refractivity (Wildman–Crippen MR) is 78.3 cm³/mol. The topological polar surface area (TPSA) is 41.1 Å². The molecule has 0 unspecified atom stereocenters. The molecule has 0 heterocycles. The summed E-state index contributed by atoms with van der Waals surface area (Å²) in [6.45, 7) is -1.23. The van der Waals surface area contributed by atoms with Crippen LogP contribution in [0.1, 0.15) is 0 Å². The quantitative estimate of drug-likeness (QED) is 0.618. The standard InChI is InChI=1S/C10H8Cl5FN2O/c11-5-1-2-6(12)7(3-5)17-9(10(13,14)15)18-8(19)4-16/h1-3,9,17H,4H2,(H,18,19)/t9-/m1/s1. The maximum Gasteiger partial charge on any atom is 0.253 e. The van der Waals surface area contributed by atoms with Crippen molar-refractivity contribution in [1.29, 1.82) is 0 Å². The monoisotopic (exact) mass is 366 g/mol. The zero-order chi connectivity index (χ0) is 14.6. The Balaban J connectivity index is 2.94. The van der Waals surface area contributed by atoms with Gasteiger partial charge in [-0.05, 0) is 18.2 Å². The maximum absolute atomic E-state index is 12.2. The van der Waals surface area contributed by atoms with Gasteiger partial charge < -0.3 is 10.6 Å². The van der Waals surface area contributed by atoms with Crippen LogP contribution >= 0.6 is 58.0 Å². The van der Waals surface area contributed by atoms with Crippen LogP contribution in [0.5, 0.6) is 0 Å². The highest BCUT2D eigenvalue weighted by Gasteiger charge is 2.34. The number of rotatable bonds is 4. The smallest absolute Gasteiger partial charge is 0.253 e. The molecule has 1 atom stereocenters. The Labute approximate surface area is 134 Å². The Morgan fingerprint density at radius 1 is 1.32 bits per heavy atom. The van der Waals surface area contributed by atoms with Crippen molar-refractivity contribution < 1.29 is 9.18 Å². The van der Waals surface area contributed by atoms with Gasteiger partial charge in [0, 0.05) is 5.02 Å². The molecule has 1 aromatic rings. The van der Waals surface area contributed by atoms with Crippen molar-refractivity contribution in [3.05, 3.63) is 28.2 Å². The van der Waals surface area contributed by atoms with Crippen LogP contribution in [-0.4, -0.2) is 22.5 Å². The summed E-state index contributed by atoms with van der Waals surface area (Å²) in [6.07, 6.45) is -1.17. The molecule has 0 aromatic heterocycles. The van der Waals surface area contributed by atoms with E-state index in [2.05, 4.69) is 10.6 Å². The molecule has 0 saturated heterocycles. The average Bonchev–Trinajstić information content (AvgIpc) is 2.31. The van der Waals surface area contributed by atoms with Gasteiger partial charge in [-0.25, -0.2) is 4.39 Å². The van der Waals surface area contributed by atoms with Crippen LogP contribution in [0.2, 0.25) is 10.0 Å². The molecule has 0 bridgehead atoms. The largest absolute Gasteiger partial charge is 0.361 e. The Bertz CT molecular complexity index is 466. The fraction of sp³-hybridized carbons (Fsp3) is 0.300. The second-order valence-corrected chi connectivity index (χ2v) is 6.66. The highest BCUT2D eigenvalue weighted by Crippen LogP contribution is 2.33. The summed E-state index contributed by atoms with van der Waals surface area (Å²) in [5, 5.41) is 5.56. The zero-order valence-electron chi connectivity index (χ0n) is 9.19. The SMILES string of the molecule is O=C(CF)N[C@@H](Nc1cc(Cl)ccc1Cl)C(Cl)(Cl)Cl. The molecule has 2 N–H and O–H groups in total. The molecule has 0 spiro atoms. The third kappa shape index (κ3) is 5.40. The Morgan fingerprint density at radius 3 is 2.47 bits per heavy atom. The molecule has 0 saturated carbocycles. The van der Waals surface area contributed by atoms with Gasteiger partial charge in [-0.15, -0.1) is 0 Å². The molecule has 0 aliphatic rings. The van der Waals surface area contributed by atoms with Crippen LogP contribution in [0.25, 0.3) is 0 Å². The summed E-state index contributed by atoms with van der Waals surface area (Å²) in [6, 6.07) is 4.58. The van der Waals surface area contributed by atoms with Crippen molar-refractivity contribution in [3.63, 3.8) is 0 Å². The molecule has 1 amide bonds. The number of halogens is 6. The number of nitrogens with one attached hydrogen (secondary N) is 2. The second kappa shape index (κ2) is 7.04. The highest BCUT2D eigenvalue weighted by atomic mass is 35.6. The molecule has 106 valence electrons. The first-order valence-electron chi connectivity index (χ1n) is 4.87. The van der Waals surface area contributed by atoms with E-state index in [0.29, 0.717) is 15.7 Å². The number of alkyl halides is 4. The lowest BCUT2D eigenvalue weighted by Crippen LogP contribution is -2.49. The Hall–Kier alpha value is -0.130. The minimum Gasteiger partial charge on any atom is -0.361 e. The lowest BCUT2D eigenvalue weighted by atomic mass is 10.3. The van der Waals surface area contributed by atoms with Crippen LogP contribution in [0.4, 0.5) is 10.1 Å². The van der Waals surface area contributed by atoms with E-state index in [1.807, 2.05) is 0 Å². The summed E-state index contributed by atoms with van der Waals surface area (Å²) >= 11 is 28.8. The van der Waals surface area contributed by atoms with Crippen molar-refractivity contribution in [2.45, 2.75) is 9.96 Å². The van der Waals surface area contributed by atoms with Crippen LogP contribution in [-0.2, 0) is 4.79 Å². The van der Waals surface area contributed by atoms with E-state index >= 15 is 0 Å². The predicted octanol–water partition coefficient (Wildman–Crippen LogP) is 4.19. The molecular formula is C10H8Cl5FN2O. The van der Waals surface area contributed by atoms with Gasteiger partial charge in [-0.3, -0.25) is 4.79 Å². The molecule has 0 fully saturated rings. The first-order chi connectivity index (χ1) is 8.74. The second-order valence-electron chi connectivity index (χ2n) is 3.44. The van der Waals surface area contributed by atoms with Gasteiger partial charge >= 0.3 is 0 Å². The van der Waals surface area contributed by atoms with Crippen molar-refractivity contribution >= 4 is 69.6 Å². The van der Waals surface area contributed by atoms with E-state index in [4.69, 9.17) is 58.0 Å². The van der Waals surface area contributed by atoms with Gasteiger partial charge in [0.05, 0.1) is 10.7 Å². The number of carbonyl (C=O) groups excluding carboxylic acids is 1. The van der Waals surface area contributed by atoms with E-state index in [1.165, 1.54) is 12.1 Å². The lowest BCUT2D eigenvalue weighted by Gasteiger charge is -2.27. The van der Waals surface area contributed by atoms with Crippen LogP contribution < -0.4 is 10.6 Å². The molecule has 9 heteroatoms. The van der Waals surface area contributed by atoms with E-state index in [0.717, 1.165) is 0 Å². The van der Waals surface area contributed by atoms with Crippen molar-refractivity contribution in [2.75, 3.05) is 12.0 Å². The first-order valence-corrected chi connectivity index (χ1v) is 6.76. The molecule has 19 heavy (non-hydrogen) atoms. The van der Waals surface area contributed by atoms with Crippen LogP contribution in [0, 0.1) is 0 Å². The van der Waals surface area contributed by atoms with Gasteiger partial charge in [0.1, 0.15) is 6.17 Å². The van der Waals surface area contributed by atoms with Gasteiger partial charge in [0.2, 0.25) is 3.79 Å². The van der Waals surface area contributed by atoms with Crippen LogP contribution in [0.15, 0.2) is 18.2 Å². The van der Waals surface area contributed by atoms with Gasteiger partial charge in [0.25, 0.3) is 5.91 Å². The summed E-state index contributed by atoms with van der Waals surface area (Å²) in [5.41, 5.74) is 0.338. The molecule has 0 radical (unpaired) electrons. The minimum absolute atomic E-state index is 0.304. The highest BCUT2D eigenvalue weighted by molar-refractivity contribution is 6.68. The van der Waals surface area contributed by atoms with Crippen molar-refractivity contribution in [1.82, 2.24) is 5.32 Å². The summed E-state index contributed by atoms with van der Waals surface area (Å²) in [7, 11) is 0. The fourth-order valence-electron chi connectivity index (χ4n) is 1.16. The van der Waals surface area contributed by atoms with Gasteiger partial charge in [-0.1, -0.05) is 58.0 Å². The van der Waals surface area contributed by atoms with Gasteiger partial charge in [0.15, 0.2) is 6.67 Å². The van der Waals surface area contributed by atoms with Crippen molar-refractivity contribution in [3.8, 4) is 0 Å². The van der Waals surface area contributed by atoms with E-state index < -0.39 is 22.5 Å². The summed E-state index contributed by atoms with van der Waals surface area (Å²) in [4.78, 5) is 11.0. The number of anilines is 1.